The van der Waals surface area contributed by atoms with E-state index in [4.69, 9.17) is 5.73 Å². The second-order valence-electron chi connectivity index (χ2n) is 4.90. The summed E-state index contributed by atoms with van der Waals surface area (Å²) >= 11 is 7.01. The molecule has 0 bridgehead atoms. The second kappa shape index (κ2) is 5.40. The van der Waals surface area contributed by atoms with Crippen LogP contribution in [0.5, 0.6) is 0 Å². The average Bonchev–Trinajstić information content (AvgIpc) is 2.08. The molecule has 94 valence electrons. The number of aryl methyl sites for hydroxylation is 1. The Hall–Kier alpha value is -0.550. The Balaban J connectivity index is 3.01. The van der Waals surface area contributed by atoms with Crippen LogP contribution in [0, 0.1) is 6.92 Å². The number of guanidine groups is 1. The van der Waals surface area contributed by atoms with Gasteiger partial charge in [-0.2, -0.15) is 0 Å². The third-order valence-electron chi connectivity index (χ3n) is 1.90. The van der Waals surface area contributed by atoms with Crippen LogP contribution >= 0.6 is 31.9 Å². The van der Waals surface area contributed by atoms with Crippen molar-refractivity contribution < 1.29 is 0 Å². The van der Waals surface area contributed by atoms with Gasteiger partial charge in [-0.3, -0.25) is 0 Å². The van der Waals surface area contributed by atoms with E-state index in [0.717, 1.165) is 14.6 Å². The quantitative estimate of drug-likeness (QED) is 0.585. The minimum absolute atomic E-state index is 0.194. The molecule has 0 amide bonds. The summed E-state index contributed by atoms with van der Waals surface area (Å²) in [4.78, 5) is 4.35. The van der Waals surface area contributed by atoms with E-state index in [-0.39, 0.29) is 5.54 Å². The maximum atomic E-state index is 5.86. The van der Waals surface area contributed by atoms with E-state index in [1.165, 1.54) is 5.56 Å². The van der Waals surface area contributed by atoms with Crippen molar-refractivity contribution in [2.45, 2.75) is 33.2 Å². The minimum atomic E-state index is -0.194. The molecule has 0 atom stereocenters. The van der Waals surface area contributed by atoms with Gasteiger partial charge < -0.3 is 11.1 Å². The van der Waals surface area contributed by atoms with Crippen LogP contribution in [0.4, 0.5) is 5.69 Å². The van der Waals surface area contributed by atoms with Gasteiger partial charge in [-0.1, -0.05) is 0 Å². The zero-order valence-corrected chi connectivity index (χ0v) is 13.6. The monoisotopic (exact) mass is 361 g/mol. The number of nitrogens with zero attached hydrogens (tertiary/aromatic N) is 1. The molecule has 3 N–H and O–H groups in total. The molecule has 0 spiro atoms. The van der Waals surface area contributed by atoms with E-state index in [1.807, 2.05) is 39.8 Å². The van der Waals surface area contributed by atoms with Crippen molar-refractivity contribution in [1.82, 2.24) is 0 Å². The first kappa shape index (κ1) is 14.5. The second-order valence-corrected chi connectivity index (χ2v) is 6.61. The number of nitrogens with one attached hydrogen (secondary N) is 1. The SMILES string of the molecule is Cc1cc(Br)c(NC(N)=NC(C)(C)C)c(Br)c1. The summed E-state index contributed by atoms with van der Waals surface area (Å²) in [5.74, 6) is 0.405. The van der Waals surface area contributed by atoms with E-state index in [0.29, 0.717) is 5.96 Å². The highest BCUT2D eigenvalue weighted by Gasteiger charge is 2.11. The Bertz CT molecular complexity index is 425. The Labute approximate surface area is 119 Å². The molecule has 1 aromatic carbocycles. The predicted octanol–water partition coefficient (Wildman–Crippen LogP) is 4.05. The Morgan fingerprint density at radius 3 is 2.12 bits per heavy atom. The third-order valence-corrected chi connectivity index (χ3v) is 3.15. The summed E-state index contributed by atoms with van der Waals surface area (Å²) in [6, 6.07) is 4.05. The van der Waals surface area contributed by atoms with Crippen LogP contribution in [0.15, 0.2) is 26.1 Å². The molecule has 1 aromatic rings. The molecule has 5 heteroatoms. The number of rotatable bonds is 1. The zero-order chi connectivity index (χ0) is 13.2. The standard InChI is InChI=1S/C12H17Br2N3/c1-7-5-8(13)10(9(14)6-7)16-11(15)17-12(2,3)4/h5-6H,1-4H3,(H3,15,16,17). The molecule has 0 aliphatic carbocycles. The Kier molecular flexibility index (Phi) is 4.61. The van der Waals surface area contributed by atoms with Gasteiger partial charge >= 0.3 is 0 Å². The minimum Gasteiger partial charge on any atom is -0.370 e. The summed E-state index contributed by atoms with van der Waals surface area (Å²) in [5, 5.41) is 3.10. The van der Waals surface area contributed by atoms with E-state index < -0.39 is 0 Å². The lowest BCUT2D eigenvalue weighted by molar-refractivity contribution is 0.583. The molecule has 0 radical (unpaired) electrons. The fourth-order valence-corrected chi connectivity index (χ4v) is 2.95. The number of nitrogens with two attached hydrogens (primary N) is 1. The number of hydrogen-bond acceptors (Lipinski definition) is 1. The van der Waals surface area contributed by atoms with Gasteiger partial charge in [0.25, 0.3) is 0 Å². The summed E-state index contributed by atoms with van der Waals surface area (Å²) < 4.78 is 1.91. The summed E-state index contributed by atoms with van der Waals surface area (Å²) in [7, 11) is 0. The van der Waals surface area contributed by atoms with Gasteiger partial charge in [0.1, 0.15) is 0 Å². The number of hydrogen-bond donors (Lipinski definition) is 2. The molecule has 0 unspecified atom stereocenters. The van der Waals surface area contributed by atoms with Crippen molar-refractivity contribution in [2.24, 2.45) is 10.7 Å². The van der Waals surface area contributed by atoms with Crippen molar-refractivity contribution in [3.63, 3.8) is 0 Å². The highest BCUT2D eigenvalue weighted by molar-refractivity contribution is 9.11. The lowest BCUT2D eigenvalue weighted by Gasteiger charge is -2.16. The van der Waals surface area contributed by atoms with Crippen LogP contribution in [-0.4, -0.2) is 11.5 Å². The van der Waals surface area contributed by atoms with E-state index >= 15 is 0 Å². The molecular weight excluding hydrogens is 346 g/mol. The maximum absolute atomic E-state index is 5.86. The molecule has 0 fully saturated rings. The molecule has 0 saturated heterocycles. The molecule has 1 rings (SSSR count). The van der Waals surface area contributed by atoms with Gasteiger partial charge in [0.15, 0.2) is 5.96 Å². The first-order valence-corrected chi connectivity index (χ1v) is 6.85. The number of halogens is 2. The van der Waals surface area contributed by atoms with Crippen molar-refractivity contribution >= 4 is 43.5 Å². The van der Waals surface area contributed by atoms with Crippen LogP contribution < -0.4 is 11.1 Å². The average molecular weight is 363 g/mol. The van der Waals surface area contributed by atoms with Gasteiger partial charge in [0.05, 0.1) is 11.2 Å². The number of aliphatic imine (C=N–C) groups is 1. The topological polar surface area (TPSA) is 50.4 Å². The van der Waals surface area contributed by atoms with Gasteiger partial charge in [-0.25, -0.2) is 4.99 Å². The number of benzene rings is 1. The van der Waals surface area contributed by atoms with Crippen molar-refractivity contribution in [3.05, 3.63) is 26.6 Å². The molecule has 3 nitrogen and oxygen atoms in total. The van der Waals surface area contributed by atoms with Crippen LogP contribution in [0.25, 0.3) is 0 Å². The van der Waals surface area contributed by atoms with Crippen LogP contribution in [-0.2, 0) is 0 Å². The van der Waals surface area contributed by atoms with Crippen LogP contribution in [0.2, 0.25) is 0 Å². The number of anilines is 1. The summed E-state index contributed by atoms with van der Waals surface area (Å²) in [6.45, 7) is 8.04. The molecule has 0 aliphatic rings. The van der Waals surface area contributed by atoms with Crippen molar-refractivity contribution in [3.8, 4) is 0 Å². The summed E-state index contributed by atoms with van der Waals surface area (Å²) in [5.41, 5.74) is 7.73. The third kappa shape index (κ3) is 4.68. The zero-order valence-electron chi connectivity index (χ0n) is 10.4. The van der Waals surface area contributed by atoms with Crippen molar-refractivity contribution in [1.29, 1.82) is 0 Å². The first-order chi connectivity index (χ1) is 7.69. The smallest absolute Gasteiger partial charge is 0.193 e. The highest BCUT2D eigenvalue weighted by atomic mass is 79.9. The maximum Gasteiger partial charge on any atom is 0.193 e. The summed E-state index contributed by atoms with van der Waals surface area (Å²) in [6.07, 6.45) is 0. The van der Waals surface area contributed by atoms with Gasteiger partial charge in [-0.05, 0) is 77.3 Å². The fraction of sp³-hybridized carbons (Fsp3) is 0.417. The van der Waals surface area contributed by atoms with E-state index in [1.54, 1.807) is 0 Å². The van der Waals surface area contributed by atoms with Crippen LogP contribution in [0.1, 0.15) is 26.3 Å². The lowest BCUT2D eigenvalue weighted by Crippen LogP contribution is -2.27. The molecule has 0 aliphatic heterocycles. The van der Waals surface area contributed by atoms with Gasteiger partial charge in [0.2, 0.25) is 0 Å². The Morgan fingerprint density at radius 1 is 1.24 bits per heavy atom. The molecule has 0 heterocycles. The highest BCUT2D eigenvalue weighted by Crippen LogP contribution is 2.32. The predicted molar refractivity (Wildman–Crippen MR) is 81.6 cm³/mol. The Morgan fingerprint density at radius 2 is 1.71 bits per heavy atom. The van der Waals surface area contributed by atoms with Crippen LogP contribution in [0.3, 0.4) is 0 Å². The molecule has 0 saturated carbocycles. The van der Waals surface area contributed by atoms with Gasteiger partial charge in [-0.15, -0.1) is 0 Å². The molecule has 17 heavy (non-hydrogen) atoms. The van der Waals surface area contributed by atoms with E-state index in [9.17, 15) is 0 Å². The van der Waals surface area contributed by atoms with Gasteiger partial charge in [0, 0.05) is 8.95 Å². The normalized spacial score (nSPS) is 12.7. The first-order valence-electron chi connectivity index (χ1n) is 5.27. The van der Waals surface area contributed by atoms with Crippen molar-refractivity contribution in [2.75, 3.05) is 5.32 Å². The molecule has 0 aromatic heterocycles. The molecular formula is C12H17Br2N3. The largest absolute Gasteiger partial charge is 0.370 e. The lowest BCUT2D eigenvalue weighted by atomic mass is 10.1. The van der Waals surface area contributed by atoms with E-state index in [2.05, 4.69) is 42.2 Å². The fourth-order valence-electron chi connectivity index (χ4n) is 1.34.